The number of nitrogens with zero attached hydrogens (tertiary/aromatic N) is 2. The molecule has 0 aliphatic carbocycles. The number of carbonyl (C=O) groups excluding carboxylic acids is 1. The number of hydrogen-bond acceptors (Lipinski definition) is 7. The maximum Gasteiger partial charge on any atom is 0.270 e. The first-order valence-corrected chi connectivity index (χ1v) is 10.0. The highest BCUT2D eigenvalue weighted by atomic mass is 35.5. The molecule has 0 spiro atoms. The molecule has 152 valence electrons. The van der Waals surface area contributed by atoms with Gasteiger partial charge in [0.05, 0.1) is 20.0 Å². The molecule has 0 saturated carbocycles. The number of aromatic nitrogens is 2. The predicted octanol–water partition coefficient (Wildman–Crippen LogP) is 3.95. The zero-order valence-electron chi connectivity index (χ0n) is 16.1. The minimum atomic E-state index is -0.603. The molecule has 0 fully saturated rings. The average molecular weight is 442 g/mol. The molecule has 30 heavy (non-hydrogen) atoms. The summed E-state index contributed by atoms with van der Waals surface area (Å²) >= 11 is 6.91. The number of rotatable bonds is 7. The Morgan fingerprint density at radius 1 is 1.20 bits per heavy atom. The van der Waals surface area contributed by atoms with E-state index in [4.69, 9.17) is 21.1 Å². The number of ether oxygens (including phenoxy) is 2. The van der Waals surface area contributed by atoms with Crippen molar-refractivity contribution in [1.82, 2.24) is 9.97 Å². The minimum absolute atomic E-state index is 0.0468. The lowest BCUT2D eigenvalue weighted by molar-refractivity contribution is 0.102. The summed E-state index contributed by atoms with van der Waals surface area (Å²) in [4.78, 5) is 31.8. The standard InChI is InChI=1S/C21H16ClN3O4S/c1-28-14-7-8-18(29-2)15(9-14)19-16(10-23)20(27)25-21(24-19)30-11-17(26)12-3-5-13(22)6-4-12/h3-9H,11H2,1-2H3,(H,24,25,27). The molecular formula is C21H16ClN3O4S. The lowest BCUT2D eigenvalue weighted by Gasteiger charge is -2.12. The number of H-pyrrole nitrogens is 1. The van der Waals surface area contributed by atoms with Gasteiger partial charge in [0, 0.05) is 16.1 Å². The molecule has 0 aliphatic rings. The van der Waals surface area contributed by atoms with E-state index in [0.29, 0.717) is 27.6 Å². The molecule has 0 bridgehead atoms. The second-order valence-electron chi connectivity index (χ2n) is 5.99. The fraction of sp³-hybridized carbons (Fsp3) is 0.143. The zero-order valence-corrected chi connectivity index (χ0v) is 17.6. The zero-order chi connectivity index (χ0) is 21.7. The Balaban J connectivity index is 1.96. The Morgan fingerprint density at radius 3 is 2.57 bits per heavy atom. The first-order chi connectivity index (χ1) is 14.5. The van der Waals surface area contributed by atoms with Crippen LogP contribution in [0.5, 0.6) is 11.5 Å². The molecule has 0 aliphatic heterocycles. The number of ketones is 1. The van der Waals surface area contributed by atoms with Gasteiger partial charge in [0.1, 0.15) is 28.8 Å². The largest absolute Gasteiger partial charge is 0.497 e. The quantitative estimate of drug-likeness (QED) is 0.336. The Morgan fingerprint density at radius 2 is 1.93 bits per heavy atom. The monoisotopic (exact) mass is 441 g/mol. The molecule has 0 amide bonds. The van der Waals surface area contributed by atoms with Crippen LogP contribution in [0, 0.1) is 11.3 Å². The fourth-order valence-corrected chi connectivity index (χ4v) is 3.55. The number of nitriles is 1. The van der Waals surface area contributed by atoms with Crippen LogP contribution in [-0.4, -0.2) is 35.7 Å². The number of halogens is 1. The average Bonchev–Trinajstić information content (AvgIpc) is 2.77. The highest BCUT2D eigenvalue weighted by Gasteiger charge is 2.19. The summed E-state index contributed by atoms with van der Waals surface area (Å²) in [7, 11) is 2.98. The van der Waals surface area contributed by atoms with E-state index in [2.05, 4.69) is 9.97 Å². The minimum Gasteiger partial charge on any atom is -0.497 e. The number of hydrogen-bond donors (Lipinski definition) is 1. The van der Waals surface area contributed by atoms with Gasteiger partial charge in [-0.3, -0.25) is 9.59 Å². The van der Waals surface area contributed by atoms with E-state index >= 15 is 0 Å². The Labute approximate surface area is 181 Å². The first-order valence-electron chi connectivity index (χ1n) is 8.65. The van der Waals surface area contributed by atoms with Crippen molar-refractivity contribution in [2.24, 2.45) is 0 Å². The van der Waals surface area contributed by atoms with Gasteiger partial charge in [-0.25, -0.2) is 4.98 Å². The summed E-state index contributed by atoms with van der Waals surface area (Å²) in [5, 5.41) is 10.2. The van der Waals surface area contributed by atoms with E-state index in [1.165, 1.54) is 14.2 Å². The van der Waals surface area contributed by atoms with E-state index in [1.54, 1.807) is 42.5 Å². The van der Waals surface area contributed by atoms with Crippen LogP contribution in [0.2, 0.25) is 5.02 Å². The van der Waals surface area contributed by atoms with Crippen molar-refractivity contribution in [3.63, 3.8) is 0 Å². The van der Waals surface area contributed by atoms with E-state index in [-0.39, 0.29) is 27.9 Å². The predicted molar refractivity (Wildman–Crippen MR) is 115 cm³/mol. The van der Waals surface area contributed by atoms with Crippen LogP contribution in [-0.2, 0) is 0 Å². The van der Waals surface area contributed by atoms with Crippen LogP contribution in [0.1, 0.15) is 15.9 Å². The molecule has 7 nitrogen and oxygen atoms in total. The summed E-state index contributed by atoms with van der Waals surface area (Å²) in [6, 6.07) is 13.4. The van der Waals surface area contributed by atoms with Crippen molar-refractivity contribution >= 4 is 29.1 Å². The Hall–Kier alpha value is -3.28. The molecule has 3 aromatic rings. The lowest BCUT2D eigenvalue weighted by atomic mass is 10.1. The third kappa shape index (κ3) is 4.64. The molecule has 0 atom stereocenters. The smallest absolute Gasteiger partial charge is 0.270 e. The molecule has 0 unspecified atom stereocenters. The summed E-state index contributed by atoms with van der Waals surface area (Å²) in [6.07, 6.45) is 0. The van der Waals surface area contributed by atoms with Gasteiger partial charge in [-0.2, -0.15) is 5.26 Å². The van der Waals surface area contributed by atoms with Crippen LogP contribution in [0.25, 0.3) is 11.3 Å². The fourth-order valence-electron chi connectivity index (χ4n) is 2.67. The van der Waals surface area contributed by atoms with Crippen molar-refractivity contribution in [1.29, 1.82) is 5.26 Å². The third-order valence-corrected chi connectivity index (χ3v) is 5.30. The Bertz CT molecular complexity index is 1190. The van der Waals surface area contributed by atoms with Gasteiger partial charge in [0.2, 0.25) is 0 Å². The number of aromatic amines is 1. The molecule has 9 heteroatoms. The topological polar surface area (TPSA) is 105 Å². The summed E-state index contributed by atoms with van der Waals surface area (Å²) < 4.78 is 10.6. The summed E-state index contributed by atoms with van der Waals surface area (Å²) in [5.74, 6) is 0.845. The summed E-state index contributed by atoms with van der Waals surface area (Å²) in [5.41, 5.74) is 0.324. The van der Waals surface area contributed by atoms with E-state index in [0.717, 1.165) is 11.8 Å². The number of carbonyl (C=O) groups is 1. The van der Waals surface area contributed by atoms with Crippen LogP contribution < -0.4 is 15.0 Å². The molecule has 0 radical (unpaired) electrons. The van der Waals surface area contributed by atoms with Gasteiger partial charge in [-0.05, 0) is 42.5 Å². The number of methoxy groups -OCH3 is 2. The van der Waals surface area contributed by atoms with Crippen molar-refractivity contribution in [3.8, 4) is 28.8 Å². The van der Waals surface area contributed by atoms with E-state index in [1.807, 2.05) is 6.07 Å². The molecule has 0 saturated heterocycles. The lowest BCUT2D eigenvalue weighted by Crippen LogP contribution is -2.15. The van der Waals surface area contributed by atoms with Gasteiger partial charge < -0.3 is 14.5 Å². The number of thioether (sulfide) groups is 1. The second kappa shape index (κ2) is 9.48. The maximum absolute atomic E-state index is 12.5. The molecule has 1 N–H and O–H groups in total. The van der Waals surface area contributed by atoms with Crippen LogP contribution in [0.3, 0.4) is 0 Å². The van der Waals surface area contributed by atoms with Crippen molar-refractivity contribution in [3.05, 3.63) is 69.0 Å². The Kier molecular flexibility index (Phi) is 6.77. The van der Waals surface area contributed by atoms with Gasteiger partial charge in [-0.15, -0.1) is 0 Å². The number of Topliss-reactive ketones (excluding diaryl/α,β-unsaturated/α-hetero) is 1. The molecular weight excluding hydrogens is 426 g/mol. The molecule has 2 aromatic carbocycles. The van der Waals surface area contributed by atoms with Crippen molar-refractivity contribution in [2.75, 3.05) is 20.0 Å². The van der Waals surface area contributed by atoms with Crippen LogP contribution in [0.4, 0.5) is 0 Å². The van der Waals surface area contributed by atoms with Crippen LogP contribution >= 0.6 is 23.4 Å². The normalized spacial score (nSPS) is 10.3. The van der Waals surface area contributed by atoms with Gasteiger partial charge in [0.15, 0.2) is 10.9 Å². The number of benzene rings is 2. The molecule has 3 rings (SSSR count). The maximum atomic E-state index is 12.5. The third-order valence-electron chi connectivity index (χ3n) is 4.18. The van der Waals surface area contributed by atoms with Gasteiger partial charge in [0.25, 0.3) is 5.56 Å². The highest BCUT2D eigenvalue weighted by Crippen LogP contribution is 2.34. The van der Waals surface area contributed by atoms with E-state index in [9.17, 15) is 14.9 Å². The second-order valence-corrected chi connectivity index (χ2v) is 7.39. The number of nitrogens with one attached hydrogen (secondary N) is 1. The SMILES string of the molecule is COc1ccc(OC)c(-c2nc(SCC(=O)c3ccc(Cl)cc3)[nH]c(=O)c2C#N)c1. The molecule has 1 aromatic heterocycles. The van der Waals surface area contributed by atoms with E-state index < -0.39 is 5.56 Å². The van der Waals surface area contributed by atoms with Gasteiger partial charge >= 0.3 is 0 Å². The van der Waals surface area contributed by atoms with Crippen molar-refractivity contribution < 1.29 is 14.3 Å². The highest BCUT2D eigenvalue weighted by molar-refractivity contribution is 7.99. The first kappa shape index (κ1) is 21.4. The van der Waals surface area contributed by atoms with Crippen molar-refractivity contribution in [2.45, 2.75) is 5.16 Å². The summed E-state index contributed by atoms with van der Waals surface area (Å²) in [6.45, 7) is 0. The molecule has 1 heterocycles. The van der Waals surface area contributed by atoms with Crippen LogP contribution in [0.15, 0.2) is 52.4 Å². The van der Waals surface area contributed by atoms with Gasteiger partial charge in [-0.1, -0.05) is 23.4 Å².